The molecule has 28 heavy (non-hydrogen) atoms. The van der Waals surface area contributed by atoms with Crippen molar-refractivity contribution in [1.82, 2.24) is 4.98 Å². The number of hydrogen-bond acceptors (Lipinski definition) is 5. The zero-order valence-corrected chi connectivity index (χ0v) is 16.2. The largest absolute Gasteiger partial charge is 0.444 e. The van der Waals surface area contributed by atoms with E-state index in [9.17, 15) is 17.6 Å². The van der Waals surface area contributed by atoms with Crippen LogP contribution in [0.2, 0.25) is 0 Å². The molecule has 0 saturated carbocycles. The Hall–Kier alpha value is -3.00. The van der Waals surface area contributed by atoms with Gasteiger partial charge in [0, 0.05) is 18.3 Å². The van der Waals surface area contributed by atoms with E-state index in [-0.39, 0.29) is 11.6 Å². The number of rotatable bonds is 6. The van der Waals surface area contributed by atoms with Gasteiger partial charge < -0.3 is 9.32 Å². The Kier molecular flexibility index (Phi) is 5.60. The minimum absolute atomic E-state index is 0.116. The summed E-state index contributed by atoms with van der Waals surface area (Å²) in [5, 5.41) is -1.26. The molecule has 0 aliphatic carbocycles. The maximum Gasteiger partial charge on any atom is 0.244 e. The summed E-state index contributed by atoms with van der Waals surface area (Å²) in [6.45, 7) is 1.35. The fourth-order valence-electron chi connectivity index (χ4n) is 2.66. The number of halogens is 1. The summed E-state index contributed by atoms with van der Waals surface area (Å²) in [6.07, 6.45) is 1.20. The Morgan fingerprint density at radius 3 is 2.57 bits per heavy atom. The monoisotopic (exact) mass is 402 g/mol. The first-order chi connectivity index (χ1) is 13.3. The molecule has 1 heterocycles. The number of nitrogens with zero attached hydrogens (tertiary/aromatic N) is 2. The van der Waals surface area contributed by atoms with Gasteiger partial charge in [-0.2, -0.15) is 0 Å². The average molecular weight is 402 g/mol. The Morgan fingerprint density at radius 1 is 1.18 bits per heavy atom. The number of benzene rings is 2. The molecule has 3 aromatic rings. The van der Waals surface area contributed by atoms with Crippen molar-refractivity contribution in [3.8, 4) is 11.5 Å². The molecule has 2 aromatic carbocycles. The van der Waals surface area contributed by atoms with E-state index < -0.39 is 32.6 Å². The van der Waals surface area contributed by atoms with Gasteiger partial charge in [0.05, 0.1) is 11.4 Å². The van der Waals surface area contributed by atoms with Crippen LogP contribution >= 0.6 is 0 Å². The van der Waals surface area contributed by atoms with Gasteiger partial charge in [0.25, 0.3) is 0 Å². The van der Waals surface area contributed by atoms with E-state index in [4.69, 9.17) is 4.42 Å². The number of carbonyl (C=O) groups is 1. The van der Waals surface area contributed by atoms with Crippen LogP contribution in [0.15, 0.2) is 65.3 Å². The lowest BCUT2D eigenvalue weighted by Crippen LogP contribution is -2.39. The van der Waals surface area contributed by atoms with Crippen LogP contribution in [-0.4, -0.2) is 31.6 Å². The van der Waals surface area contributed by atoms with Gasteiger partial charge in [-0.05, 0) is 37.3 Å². The van der Waals surface area contributed by atoms with E-state index in [2.05, 4.69) is 4.98 Å². The molecule has 0 aliphatic rings. The first-order valence-electron chi connectivity index (χ1n) is 8.52. The molecule has 0 radical (unpaired) electrons. The van der Waals surface area contributed by atoms with Crippen molar-refractivity contribution >= 4 is 21.4 Å². The summed E-state index contributed by atoms with van der Waals surface area (Å²) in [6, 6.07) is 14.4. The van der Waals surface area contributed by atoms with Crippen LogP contribution < -0.4 is 4.90 Å². The fourth-order valence-corrected chi connectivity index (χ4v) is 3.92. The van der Waals surface area contributed by atoms with Crippen LogP contribution in [0.1, 0.15) is 12.6 Å². The average Bonchev–Trinajstić information content (AvgIpc) is 3.14. The zero-order chi connectivity index (χ0) is 20.3. The van der Waals surface area contributed by atoms with Crippen molar-refractivity contribution in [1.29, 1.82) is 0 Å². The minimum atomic E-state index is -3.83. The molecule has 6 nitrogen and oxygen atoms in total. The summed E-state index contributed by atoms with van der Waals surface area (Å²) in [5.74, 6) is -1.33. The van der Waals surface area contributed by atoms with Gasteiger partial charge >= 0.3 is 0 Å². The predicted molar refractivity (Wildman–Crippen MR) is 104 cm³/mol. The van der Waals surface area contributed by atoms with E-state index in [1.54, 1.807) is 30.3 Å². The normalized spacial score (nSPS) is 12.5. The Bertz CT molecular complexity index is 1080. The summed E-state index contributed by atoms with van der Waals surface area (Å²) in [4.78, 5) is 18.0. The van der Waals surface area contributed by atoms with E-state index in [1.807, 2.05) is 6.07 Å². The summed E-state index contributed by atoms with van der Waals surface area (Å²) in [7, 11) is -2.30. The number of hydrogen-bond donors (Lipinski definition) is 0. The van der Waals surface area contributed by atoms with Gasteiger partial charge in [-0.25, -0.2) is 17.8 Å². The Morgan fingerprint density at radius 2 is 1.89 bits per heavy atom. The topological polar surface area (TPSA) is 80.5 Å². The molecule has 1 aromatic heterocycles. The van der Waals surface area contributed by atoms with Gasteiger partial charge in [-0.15, -0.1) is 0 Å². The van der Waals surface area contributed by atoms with Crippen LogP contribution in [0.5, 0.6) is 0 Å². The first kappa shape index (κ1) is 19.8. The summed E-state index contributed by atoms with van der Waals surface area (Å²) < 4.78 is 44.0. The lowest BCUT2D eigenvalue weighted by Gasteiger charge is -2.21. The molecular weight excluding hydrogens is 383 g/mol. The van der Waals surface area contributed by atoms with Crippen molar-refractivity contribution in [2.45, 2.75) is 17.9 Å². The molecule has 146 valence electrons. The quantitative estimate of drug-likeness (QED) is 0.631. The molecular formula is C20H19FN2O4S. The molecule has 8 heteroatoms. The number of anilines is 1. The van der Waals surface area contributed by atoms with Crippen molar-refractivity contribution in [3.63, 3.8) is 0 Å². The van der Waals surface area contributed by atoms with Crippen LogP contribution in [0, 0.1) is 5.82 Å². The number of carbonyl (C=O) groups excluding carboxylic acids is 1. The minimum Gasteiger partial charge on any atom is -0.444 e. The molecule has 0 aliphatic heterocycles. The standard InChI is InChI=1S/C20H19FN2O4S/c1-14(20(24)23(2)18-9-4-3-5-10-18)28(25,26)13-17-12-27-19(22-17)15-7-6-8-16(21)11-15/h3-12,14H,13H2,1-2H3. The smallest absolute Gasteiger partial charge is 0.244 e. The maximum atomic E-state index is 13.3. The van der Waals surface area contributed by atoms with Crippen molar-refractivity contribution in [2.24, 2.45) is 0 Å². The highest BCUT2D eigenvalue weighted by Gasteiger charge is 2.32. The third-order valence-corrected chi connectivity index (χ3v) is 6.31. The number of oxazole rings is 1. The molecule has 1 amide bonds. The van der Waals surface area contributed by atoms with Crippen molar-refractivity contribution in [2.75, 3.05) is 11.9 Å². The van der Waals surface area contributed by atoms with Gasteiger partial charge in [-0.3, -0.25) is 4.79 Å². The van der Waals surface area contributed by atoms with Gasteiger partial charge in [0.2, 0.25) is 11.8 Å². The number of aromatic nitrogens is 1. The molecule has 0 bridgehead atoms. The van der Waals surface area contributed by atoms with E-state index in [1.165, 1.54) is 43.3 Å². The highest BCUT2D eigenvalue weighted by molar-refractivity contribution is 7.92. The van der Waals surface area contributed by atoms with Crippen LogP contribution in [0.4, 0.5) is 10.1 Å². The molecule has 1 atom stereocenters. The van der Waals surface area contributed by atoms with E-state index in [0.29, 0.717) is 11.3 Å². The Balaban J connectivity index is 1.75. The van der Waals surface area contributed by atoms with Crippen molar-refractivity contribution < 1.29 is 22.0 Å². The van der Waals surface area contributed by atoms with Crippen LogP contribution in [-0.2, 0) is 20.4 Å². The van der Waals surface area contributed by atoms with Crippen molar-refractivity contribution in [3.05, 3.63) is 72.4 Å². The highest BCUT2D eigenvalue weighted by atomic mass is 32.2. The molecule has 0 N–H and O–H groups in total. The van der Waals surface area contributed by atoms with Crippen LogP contribution in [0.25, 0.3) is 11.5 Å². The fraction of sp³-hybridized carbons (Fsp3) is 0.200. The summed E-state index contributed by atoms with van der Waals surface area (Å²) >= 11 is 0. The molecule has 0 spiro atoms. The lowest BCUT2D eigenvalue weighted by atomic mass is 10.2. The van der Waals surface area contributed by atoms with E-state index >= 15 is 0 Å². The molecule has 0 fully saturated rings. The maximum absolute atomic E-state index is 13.3. The molecule has 3 rings (SSSR count). The number of amides is 1. The van der Waals surface area contributed by atoms with Gasteiger partial charge in [-0.1, -0.05) is 24.3 Å². The second-order valence-corrected chi connectivity index (χ2v) is 8.66. The third-order valence-electron chi connectivity index (χ3n) is 4.33. The highest BCUT2D eigenvalue weighted by Crippen LogP contribution is 2.22. The molecule has 0 saturated heterocycles. The van der Waals surface area contributed by atoms with E-state index in [0.717, 1.165) is 0 Å². The summed E-state index contributed by atoms with van der Waals surface area (Å²) in [5.41, 5.74) is 1.15. The zero-order valence-electron chi connectivity index (χ0n) is 15.4. The van der Waals surface area contributed by atoms with Gasteiger partial charge in [0.15, 0.2) is 9.84 Å². The SMILES string of the molecule is CC(C(=O)N(C)c1ccccc1)S(=O)(=O)Cc1coc(-c2cccc(F)c2)n1. The number of para-hydroxylation sites is 1. The number of sulfone groups is 1. The first-order valence-corrected chi connectivity index (χ1v) is 10.2. The lowest BCUT2D eigenvalue weighted by molar-refractivity contribution is -0.117. The Labute approximate surface area is 162 Å². The van der Waals surface area contributed by atoms with Crippen LogP contribution in [0.3, 0.4) is 0 Å². The second-order valence-electron chi connectivity index (χ2n) is 6.34. The molecule has 1 unspecified atom stereocenters. The predicted octanol–water partition coefficient (Wildman–Crippen LogP) is 3.45. The third kappa shape index (κ3) is 4.28. The van der Waals surface area contributed by atoms with Gasteiger partial charge in [0.1, 0.15) is 17.3 Å². The second kappa shape index (κ2) is 7.93.